The Morgan fingerprint density at radius 1 is 1.30 bits per heavy atom. The lowest BCUT2D eigenvalue weighted by Gasteiger charge is -2.05. The Morgan fingerprint density at radius 3 is 2.90 bits per heavy atom. The Bertz CT molecular complexity index is 762. The van der Waals surface area contributed by atoms with Crippen LogP contribution in [-0.2, 0) is 0 Å². The van der Waals surface area contributed by atoms with E-state index < -0.39 is 11.7 Å². The highest BCUT2D eigenvalue weighted by molar-refractivity contribution is 6.05. The van der Waals surface area contributed by atoms with Crippen molar-refractivity contribution in [2.24, 2.45) is 0 Å². The molecule has 0 aliphatic heterocycles. The third-order valence-electron chi connectivity index (χ3n) is 3.01. The second-order valence-corrected chi connectivity index (χ2v) is 4.56. The molecule has 3 aromatic rings. The van der Waals surface area contributed by atoms with Gasteiger partial charge in [-0.2, -0.15) is 0 Å². The lowest BCUT2D eigenvalue weighted by molar-refractivity contribution is 0.102. The molecule has 0 saturated heterocycles. The number of aromatic amines is 1. The molecule has 0 atom stereocenters. The van der Waals surface area contributed by atoms with Gasteiger partial charge in [0.2, 0.25) is 0 Å². The molecule has 2 aromatic heterocycles. The molecule has 0 aliphatic rings. The standard InChI is InChI=1S/C15H12FN3O/c1-9-4-5-12(11(16)7-9)19-15(20)13-8-10-3-2-6-17-14(10)18-13/h2-8H,1H3,(H,17,18)(H,19,20). The van der Waals surface area contributed by atoms with Crippen molar-refractivity contribution in [2.45, 2.75) is 6.92 Å². The van der Waals surface area contributed by atoms with Gasteiger partial charge in [0.15, 0.2) is 0 Å². The highest BCUT2D eigenvalue weighted by Crippen LogP contribution is 2.18. The number of carbonyl (C=O) groups excluding carboxylic acids is 1. The van der Waals surface area contributed by atoms with Crippen molar-refractivity contribution in [3.05, 3.63) is 59.7 Å². The fraction of sp³-hybridized carbons (Fsp3) is 0.0667. The molecule has 1 amide bonds. The highest BCUT2D eigenvalue weighted by Gasteiger charge is 2.12. The molecule has 0 spiro atoms. The van der Waals surface area contributed by atoms with E-state index in [0.717, 1.165) is 10.9 Å². The number of pyridine rings is 1. The van der Waals surface area contributed by atoms with Crippen molar-refractivity contribution >= 4 is 22.6 Å². The topological polar surface area (TPSA) is 57.8 Å². The van der Waals surface area contributed by atoms with Gasteiger partial charge < -0.3 is 10.3 Å². The van der Waals surface area contributed by atoms with E-state index in [1.54, 1.807) is 37.4 Å². The summed E-state index contributed by atoms with van der Waals surface area (Å²) in [5.41, 5.74) is 1.93. The van der Waals surface area contributed by atoms with Gasteiger partial charge in [0.05, 0.1) is 5.69 Å². The first-order valence-corrected chi connectivity index (χ1v) is 6.15. The second-order valence-electron chi connectivity index (χ2n) is 4.56. The number of halogens is 1. The van der Waals surface area contributed by atoms with Crippen molar-refractivity contribution < 1.29 is 9.18 Å². The number of amides is 1. The number of benzene rings is 1. The number of aryl methyl sites for hydroxylation is 1. The lowest BCUT2D eigenvalue weighted by atomic mass is 10.2. The van der Waals surface area contributed by atoms with Gasteiger partial charge in [-0.25, -0.2) is 9.37 Å². The Morgan fingerprint density at radius 2 is 2.15 bits per heavy atom. The van der Waals surface area contributed by atoms with Gasteiger partial charge in [-0.15, -0.1) is 0 Å². The number of hydrogen-bond acceptors (Lipinski definition) is 2. The van der Waals surface area contributed by atoms with Crippen molar-refractivity contribution in [2.75, 3.05) is 5.32 Å². The van der Waals surface area contributed by atoms with E-state index >= 15 is 0 Å². The van der Waals surface area contributed by atoms with Crippen molar-refractivity contribution in [1.29, 1.82) is 0 Å². The largest absolute Gasteiger partial charge is 0.335 e. The Hall–Kier alpha value is -2.69. The average molecular weight is 269 g/mol. The fourth-order valence-corrected chi connectivity index (χ4v) is 1.99. The number of anilines is 1. The molecule has 0 bridgehead atoms. The number of nitrogens with one attached hydrogen (secondary N) is 2. The molecule has 0 radical (unpaired) electrons. The smallest absolute Gasteiger partial charge is 0.272 e. The van der Waals surface area contributed by atoms with Gasteiger partial charge in [0.25, 0.3) is 5.91 Å². The number of H-pyrrole nitrogens is 1. The molecule has 0 fully saturated rings. The van der Waals surface area contributed by atoms with Gasteiger partial charge in [0, 0.05) is 11.6 Å². The zero-order valence-corrected chi connectivity index (χ0v) is 10.8. The van der Waals surface area contributed by atoms with Crippen LogP contribution in [0.4, 0.5) is 10.1 Å². The molecule has 0 saturated carbocycles. The third-order valence-corrected chi connectivity index (χ3v) is 3.01. The number of carbonyl (C=O) groups is 1. The van der Waals surface area contributed by atoms with E-state index in [9.17, 15) is 9.18 Å². The molecule has 0 unspecified atom stereocenters. The number of hydrogen-bond donors (Lipinski definition) is 2. The molecule has 0 aliphatic carbocycles. The lowest BCUT2D eigenvalue weighted by Crippen LogP contribution is -2.13. The van der Waals surface area contributed by atoms with E-state index in [4.69, 9.17) is 0 Å². The summed E-state index contributed by atoms with van der Waals surface area (Å²) in [7, 11) is 0. The number of aromatic nitrogens is 2. The van der Waals surface area contributed by atoms with Gasteiger partial charge in [-0.3, -0.25) is 4.79 Å². The van der Waals surface area contributed by atoms with Crippen LogP contribution in [0.25, 0.3) is 11.0 Å². The van der Waals surface area contributed by atoms with E-state index in [1.807, 2.05) is 6.07 Å². The first kappa shape index (κ1) is 12.3. The normalized spacial score (nSPS) is 10.7. The maximum Gasteiger partial charge on any atom is 0.272 e. The minimum Gasteiger partial charge on any atom is -0.335 e. The number of nitrogens with zero attached hydrogens (tertiary/aromatic N) is 1. The van der Waals surface area contributed by atoms with Crippen LogP contribution in [-0.4, -0.2) is 15.9 Å². The van der Waals surface area contributed by atoms with Crippen molar-refractivity contribution in [3.63, 3.8) is 0 Å². The third kappa shape index (κ3) is 2.25. The van der Waals surface area contributed by atoms with E-state index in [0.29, 0.717) is 11.3 Å². The molecule has 20 heavy (non-hydrogen) atoms. The van der Waals surface area contributed by atoms with Gasteiger partial charge in [-0.05, 0) is 42.8 Å². The predicted octanol–water partition coefficient (Wildman–Crippen LogP) is 3.26. The Kier molecular flexibility index (Phi) is 2.95. The van der Waals surface area contributed by atoms with E-state index in [1.165, 1.54) is 6.07 Å². The molecular formula is C15H12FN3O. The molecule has 1 aromatic carbocycles. The Balaban J connectivity index is 1.89. The first-order valence-electron chi connectivity index (χ1n) is 6.15. The zero-order chi connectivity index (χ0) is 14.1. The molecule has 2 N–H and O–H groups in total. The molecule has 3 rings (SSSR count). The Labute approximate surface area is 114 Å². The van der Waals surface area contributed by atoms with Crippen LogP contribution in [0.5, 0.6) is 0 Å². The van der Waals surface area contributed by atoms with Crippen molar-refractivity contribution in [1.82, 2.24) is 9.97 Å². The summed E-state index contributed by atoms with van der Waals surface area (Å²) in [5.74, 6) is -0.849. The van der Waals surface area contributed by atoms with Crippen LogP contribution in [0.15, 0.2) is 42.6 Å². The van der Waals surface area contributed by atoms with E-state index in [2.05, 4.69) is 15.3 Å². The van der Waals surface area contributed by atoms with Crippen LogP contribution in [0.3, 0.4) is 0 Å². The molecule has 5 heteroatoms. The summed E-state index contributed by atoms with van der Waals surface area (Å²) in [6.45, 7) is 1.79. The van der Waals surface area contributed by atoms with Crippen LogP contribution in [0, 0.1) is 12.7 Å². The molecule has 100 valence electrons. The molecule has 4 nitrogen and oxygen atoms in total. The summed E-state index contributed by atoms with van der Waals surface area (Å²) in [6.07, 6.45) is 1.64. The quantitative estimate of drug-likeness (QED) is 0.750. The SMILES string of the molecule is Cc1ccc(NC(=O)c2cc3cccnc3[nH]2)c(F)c1. The minimum atomic E-state index is -0.451. The van der Waals surface area contributed by atoms with Crippen LogP contribution < -0.4 is 5.32 Å². The average Bonchev–Trinajstić information content (AvgIpc) is 2.86. The predicted molar refractivity (Wildman–Crippen MR) is 75.2 cm³/mol. The maximum atomic E-state index is 13.7. The monoisotopic (exact) mass is 269 g/mol. The minimum absolute atomic E-state index is 0.159. The van der Waals surface area contributed by atoms with Crippen LogP contribution in [0.2, 0.25) is 0 Å². The van der Waals surface area contributed by atoms with Gasteiger partial charge in [-0.1, -0.05) is 6.07 Å². The number of rotatable bonds is 2. The maximum absolute atomic E-state index is 13.7. The summed E-state index contributed by atoms with van der Waals surface area (Å²) >= 11 is 0. The van der Waals surface area contributed by atoms with Gasteiger partial charge in [0.1, 0.15) is 17.2 Å². The van der Waals surface area contributed by atoms with Gasteiger partial charge >= 0.3 is 0 Å². The molecular weight excluding hydrogens is 257 g/mol. The first-order chi connectivity index (χ1) is 9.63. The summed E-state index contributed by atoms with van der Waals surface area (Å²) in [6, 6.07) is 9.99. The van der Waals surface area contributed by atoms with Crippen LogP contribution >= 0.6 is 0 Å². The molecule has 2 heterocycles. The van der Waals surface area contributed by atoms with E-state index in [-0.39, 0.29) is 5.69 Å². The summed E-state index contributed by atoms with van der Waals surface area (Å²) in [5, 5.41) is 3.38. The van der Waals surface area contributed by atoms with Crippen LogP contribution in [0.1, 0.15) is 16.1 Å². The summed E-state index contributed by atoms with van der Waals surface area (Å²) in [4.78, 5) is 19.1. The fourth-order valence-electron chi connectivity index (χ4n) is 1.99. The number of fused-ring (bicyclic) bond motifs is 1. The highest BCUT2D eigenvalue weighted by atomic mass is 19.1. The second kappa shape index (κ2) is 4.77. The summed E-state index contributed by atoms with van der Waals surface area (Å²) < 4.78 is 13.7. The van der Waals surface area contributed by atoms with Crippen molar-refractivity contribution in [3.8, 4) is 0 Å². The zero-order valence-electron chi connectivity index (χ0n) is 10.8.